The van der Waals surface area contributed by atoms with Crippen LogP contribution in [0.4, 0.5) is 5.82 Å². The van der Waals surface area contributed by atoms with Crippen LogP contribution in [0.1, 0.15) is 0 Å². The van der Waals surface area contributed by atoms with Crippen molar-refractivity contribution in [2.45, 2.75) is 0 Å². The molecule has 3 nitrogen and oxygen atoms in total. The van der Waals surface area contributed by atoms with Crippen LogP contribution in [0.3, 0.4) is 0 Å². The maximum absolute atomic E-state index is 5.87. The lowest BCUT2D eigenvalue weighted by Gasteiger charge is -1.93. The number of nitrogens with two attached hydrogens (primary N) is 1. The number of rotatable bonds is 0. The Balaban J connectivity index is 2.60. The monoisotopic (exact) mass is 186 g/mol. The van der Waals surface area contributed by atoms with E-state index in [1.807, 2.05) is 42.1 Å². The van der Waals surface area contributed by atoms with Gasteiger partial charge in [-0.15, -0.1) is 0 Å². The molecule has 0 atom stereocenters. The molecule has 3 aromatic rings. The Morgan fingerprint density at radius 2 is 2.00 bits per heavy atom. The first-order chi connectivity index (χ1) is 6.77. The number of aromatic nitrogens is 1. The largest absolute Gasteiger partial charge is 0.452 e. The zero-order chi connectivity index (χ0) is 9.71. The van der Waals surface area contributed by atoms with E-state index in [0.717, 1.165) is 21.9 Å². The summed E-state index contributed by atoms with van der Waals surface area (Å²) < 4.78 is 7.53. The molecule has 0 aliphatic heterocycles. The summed E-state index contributed by atoms with van der Waals surface area (Å²) in [6.45, 7) is 0. The molecule has 2 heterocycles. The van der Waals surface area contributed by atoms with E-state index >= 15 is 0 Å². The fraction of sp³-hybridized carbons (Fsp3) is 0.0909. The van der Waals surface area contributed by atoms with Crippen LogP contribution in [-0.4, -0.2) is 4.57 Å². The highest BCUT2D eigenvalue weighted by Crippen LogP contribution is 2.32. The first-order valence-corrected chi connectivity index (χ1v) is 4.49. The average Bonchev–Trinajstić information content (AvgIpc) is 2.67. The molecule has 70 valence electrons. The molecule has 1 aromatic carbocycles. The fourth-order valence-corrected chi connectivity index (χ4v) is 1.81. The summed E-state index contributed by atoms with van der Waals surface area (Å²) in [6.07, 6.45) is 2.00. The molecule has 0 fully saturated rings. The van der Waals surface area contributed by atoms with Gasteiger partial charge in [-0.25, -0.2) is 0 Å². The standard InChI is InChI=1S/C11H10N2O/c1-13-6-8-7-4-2-3-5-9(7)14-10(8)11(13)12/h2-6H,12H2,1H3. The molecule has 0 spiro atoms. The van der Waals surface area contributed by atoms with Gasteiger partial charge in [0, 0.05) is 24.0 Å². The molecular formula is C11H10N2O. The Morgan fingerprint density at radius 1 is 1.21 bits per heavy atom. The smallest absolute Gasteiger partial charge is 0.177 e. The first-order valence-electron chi connectivity index (χ1n) is 4.49. The lowest BCUT2D eigenvalue weighted by molar-refractivity contribution is 0.668. The molecule has 0 aliphatic rings. The second-order valence-electron chi connectivity index (χ2n) is 3.47. The molecule has 0 aliphatic carbocycles. The van der Waals surface area contributed by atoms with Crippen molar-refractivity contribution in [1.29, 1.82) is 0 Å². The van der Waals surface area contributed by atoms with Crippen LogP contribution in [0.15, 0.2) is 34.9 Å². The summed E-state index contributed by atoms with van der Waals surface area (Å²) in [5.41, 5.74) is 7.55. The number of hydrogen-bond donors (Lipinski definition) is 1. The van der Waals surface area contributed by atoms with E-state index in [0.29, 0.717) is 5.82 Å². The summed E-state index contributed by atoms with van der Waals surface area (Å²) in [6, 6.07) is 7.96. The van der Waals surface area contributed by atoms with Crippen LogP contribution in [0.2, 0.25) is 0 Å². The van der Waals surface area contributed by atoms with Gasteiger partial charge in [0.05, 0.1) is 0 Å². The second-order valence-corrected chi connectivity index (χ2v) is 3.47. The lowest BCUT2D eigenvalue weighted by atomic mass is 10.2. The van der Waals surface area contributed by atoms with Crippen molar-refractivity contribution in [2.24, 2.45) is 7.05 Å². The highest BCUT2D eigenvalue weighted by Gasteiger charge is 2.11. The van der Waals surface area contributed by atoms with Gasteiger partial charge in [0.15, 0.2) is 5.58 Å². The van der Waals surface area contributed by atoms with Gasteiger partial charge in [-0.05, 0) is 6.07 Å². The van der Waals surface area contributed by atoms with Gasteiger partial charge in [-0.1, -0.05) is 18.2 Å². The van der Waals surface area contributed by atoms with E-state index in [-0.39, 0.29) is 0 Å². The van der Waals surface area contributed by atoms with E-state index in [1.54, 1.807) is 0 Å². The minimum Gasteiger partial charge on any atom is -0.452 e. The van der Waals surface area contributed by atoms with Crippen LogP contribution < -0.4 is 5.73 Å². The van der Waals surface area contributed by atoms with Gasteiger partial charge in [0.1, 0.15) is 11.4 Å². The minimum absolute atomic E-state index is 0.677. The van der Waals surface area contributed by atoms with Crippen molar-refractivity contribution in [3.05, 3.63) is 30.5 Å². The average molecular weight is 186 g/mol. The van der Waals surface area contributed by atoms with Gasteiger partial charge in [0.2, 0.25) is 0 Å². The van der Waals surface area contributed by atoms with Crippen LogP contribution in [0.25, 0.3) is 21.9 Å². The van der Waals surface area contributed by atoms with Crippen molar-refractivity contribution < 1.29 is 4.42 Å². The van der Waals surface area contributed by atoms with Crippen LogP contribution >= 0.6 is 0 Å². The number of benzene rings is 1. The normalized spacial score (nSPS) is 11.5. The Hall–Kier alpha value is -1.90. The second kappa shape index (κ2) is 2.32. The molecule has 3 rings (SSSR count). The van der Waals surface area contributed by atoms with Gasteiger partial charge < -0.3 is 14.7 Å². The predicted octanol–water partition coefficient (Wildman–Crippen LogP) is 2.51. The topological polar surface area (TPSA) is 44.1 Å². The van der Waals surface area contributed by atoms with E-state index in [1.165, 1.54) is 0 Å². The van der Waals surface area contributed by atoms with Crippen molar-refractivity contribution in [3.63, 3.8) is 0 Å². The van der Waals surface area contributed by atoms with Crippen molar-refractivity contribution in [2.75, 3.05) is 5.73 Å². The zero-order valence-corrected chi connectivity index (χ0v) is 7.82. The Kier molecular flexibility index (Phi) is 1.24. The first kappa shape index (κ1) is 7.50. The van der Waals surface area contributed by atoms with Gasteiger partial charge >= 0.3 is 0 Å². The van der Waals surface area contributed by atoms with E-state index < -0.39 is 0 Å². The van der Waals surface area contributed by atoms with E-state index in [4.69, 9.17) is 10.2 Å². The number of anilines is 1. The SMILES string of the molecule is Cn1cc2c(oc3ccccc32)c1N. The van der Waals surface area contributed by atoms with E-state index in [2.05, 4.69) is 0 Å². The summed E-state index contributed by atoms with van der Waals surface area (Å²) in [7, 11) is 1.92. The third-order valence-corrected chi connectivity index (χ3v) is 2.57. The quantitative estimate of drug-likeness (QED) is 0.586. The number of hydrogen-bond acceptors (Lipinski definition) is 2. The summed E-state index contributed by atoms with van der Waals surface area (Å²) in [5, 5.41) is 2.20. The molecule has 0 radical (unpaired) electrons. The molecule has 0 saturated heterocycles. The molecule has 3 heteroatoms. The highest BCUT2D eigenvalue weighted by molar-refractivity contribution is 6.08. The number of nitrogens with zero attached hydrogens (tertiary/aromatic N) is 1. The predicted molar refractivity (Wildman–Crippen MR) is 57.1 cm³/mol. The Morgan fingerprint density at radius 3 is 2.86 bits per heavy atom. The third kappa shape index (κ3) is 0.763. The molecule has 0 bridgehead atoms. The molecule has 2 N–H and O–H groups in total. The maximum Gasteiger partial charge on any atom is 0.177 e. The molecule has 0 amide bonds. The summed E-state index contributed by atoms with van der Waals surface area (Å²) in [4.78, 5) is 0. The molecular weight excluding hydrogens is 176 g/mol. The maximum atomic E-state index is 5.87. The number of fused-ring (bicyclic) bond motifs is 3. The molecule has 2 aromatic heterocycles. The molecule has 0 unspecified atom stereocenters. The summed E-state index contributed by atoms with van der Waals surface area (Å²) >= 11 is 0. The minimum atomic E-state index is 0.677. The fourth-order valence-electron chi connectivity index (χ4n) is 1.81. The third-order valence-electron chi connectivity index (χ3n) is 2.57. The molecule has 14 heavy (non-hydrogen) atoms. The van der Waals surface area contributed by atoms with Crippen LogP contribution in [0.5, 0.6) is 0 Å². The van der Waals surface area contributed by atoms with Crippen molar-refractivity contribution >= 4 is 27.8 Å². The van der Waals surface area contributed by atoms with E-state index in [9.17, 15) is 0 Å². The van der Waals surface area contributed by atoms with Crippen LogP contribution in [0, 0.1) is 0 Å². The Labute approximate surface area is 80.7 Å². The number of furan rings is 1. The van der Waals surface area contributed by atoms with Gasteiger partial charge in [-0.2, -0.15) is 0 Å². The lowest BCUT2D eigenvalue weighted by Crippen LogP contribution is -1.93. The zero-order valence-electron chi connectivity index (χ0n) is 7.82. The molecule has 0 saturated carbocycles. The van der Waals surface area contributed by atoms with Crippen LogP contribution in [-0.2, 0) is 7.05 Å². The van der Waals surface area contributed by atoms with Crippen molar-refractivity contribution in [1.82, 2.24) is 4.57 Å². The van der Waals surface area contributed by atoms with Gasteiger partial charge in [-0.3, -0.25) is 0 Å². The Bertz CT molecular complexity index is 619. The highest BCUT2D eigenvalue weighted by atomic mass is 16.3. The summed E-state index contributed by atoms with van der Waals surface area (Å²) in [5.74, 6) is 0.677. The van der Waals surface area contributed by atoms with Gasteiger partial charge in [0.25, 0.3) is 0 Å². The number of aryl methyl sites for hydroxylation is 1. The number of nitrogen functional groups attached to an aromatic ring is 1. The van der Waals surface area contributed by atoms with Crippen molar-refractivity contribution in [3.8, 4) is 0 Å². The number of para-hydroxylation sites is 1.